The fourth-order valence-electron chi connectivity index (χ4n) is 2.50. The molecule has 0 aliphatic rings. The summed E-state index contributed by atoms with van der Waals surface area (Å²) in [5.74, 6) is 0. The third-order valence-electron chi connectivity index (χ3n) is 3.33. The second-order valence-electron chi connectivity index (χ2n) is 6.33. The molecule has 3 nitrogen and oxygen atoms in total. The molecule has 1 unspecified atom stereocenters. The molecule has 1 atom stereocenters. The molecule has 0 aliphatic carbocycles. The van der Waals surface area contributed by atoms with E-state index in [1.165, 1.54) is 5.56 Å². The van der Waals surface area contributed by atoms with Crippen LogP contribution in [0, 0.1) is 5.41 Å². The lowest BCUT2D eigenvalue weighted by atomic mass is 9.87. The summed E-state index contributed by atoms with van der Waals surface area (Å²) in [5.41, 5.74) is 2.33. The minimum Gasteiger partial charge on any atom is -0.393 e. The van der Waals surface area contributed by atoms with Gasteiger partial charge in [0.1, 0.15) is 5.01 Å². The summed E-state index contributed by atoms with van der Waals surface area (Å²) in [5, 5.41) is 16.1. The lowest BCUT2D eigenvalue weighted by Gasteiger charge is -2.26. The number of hydrogen-bond donors (Lipinski definition) is 2. The zero-order chi connectivity index (χ0) is 15.3. The summed E-state index contributed by atoms with van der Waals surface area (Å²) in [4.78, 5) is 4.67. The third-order valence-corrected chi connectivity index (χ3v) is 4.27. The fraction of sp³-hybridized carbons (Fsp3) is 0.471. The molecule has 2 aromatic rings. The molecular weight excluding hydrogens is 280 g/mol. The summed E-state index contributed by atoms with van der Waals surface area (Å²) < 4.78 is 0. The Bertz CT molecular complexity index is 549. The number of hydrogen-bond acceptors (Lipinski definition) is 4. The van der Waals surface area contributed by atoms with E-state index in [0.717, 1.165) is 30.2 Å². The van der Waals surface area contributed by atoms with Crippen molar-refractivity contribution in [3.8, 4) is 10.6 Å². The van der Waals surface area contributed by atoms with Gasteiger partial charge in [0.15, 0.2) is 0 Å². The zero-order valence-corrected chi connectivity index (χ0v) is 13.8. The van der Waals surface area contributed by atoms with Crippen molar-refractivity contribution in [2.24, 2.45) is 5.41 Å². The summed E-state index contributed by atoms with van der Waals surface area (Å²) >= 11 is 1.68. The van der Waals surface area contributed by atoms with Crippen LogP contribution in [-0.2, 0) is 6.54 Å². The molecule has 0 fully saturated rings. The quantitative estimate of drug-likeness (QED) is 0.820. The van der Waals surface area contributed by atoms with E-state index in [1.807, 2.05) is 25.1 Å². The van der Waals surface area contributed by atoms with Gasteiger partial charge in [-0.1, -0.05) is 44.2 Å². The predicted molar refractivity (Wildman–Crippen MR) is 89.3 cm³/mol. The van der Waals surface area contributed by atoms with Gasteiger partial charge in [0.05, 0.1) is 11.8 Å². The first-order chi connectivity index (χ1) is 9.96. The number of nitrogens with zero attached hydrogens (tertiary/aromatic N) is 1. The molecule has 2 rings (SSSR count). The maximum atomic E-state index is 9.50. The smallest absolute Gasteiger partial charge is 0.123 e. The van der Waals surface area contributed by atoms with Crippen LogP contribution >= 0.6 is 11.3 Å². The summed E-state index contributed by atoms with van der Waals surface area (Å²) in [6, 6.07) is 10.3. The first-order valence-electron chi connectivity index (χ1n) is 7.35. The van der Waals surface area contributed by atoms with Crippen LogP contribution in [-0.4, -0.2) is 22.7 Å². The minimum absolute atomic E-state index is 0.0897. The van der Waals surface area contributed by atoms with E-state index in [0.29, 0.717) is 0 Å². The second-order valence-corrected chi connectivity index (χ2v) is 7.19. The topological polar surface area (TPSA) is 45.1 Å². The second kappa shape index (κ2) is 7.16. The van der Waals surface area contributed by atoms with Crippen molar-refractivity contribution in [3.05, 3.63) is 41.4 Å². The predicted octanol–water partition coefficient (Wildman–Crippen LogP) is 3.70. The molecule has 0 aliphatic heterocycles. The number of thiazole rings is 1. The Labute approximate surface area is 131 Å². The van der Waals surface area contributed by atoms with Crippen LogP contribution in [0.5, 0.6) is 0 Å². The number of aromatic nitrogens is 1. The Morgan fingerprint density at radius 2 is 2.00 bits per heavy atom. The van der Waals surface area contributed by atoms with Gasteiger partial charge in [0, 0.05) is 24.0 Å². The van der Waals surface area contributed by atoms with Crippen LogP contribution in [0.15, 0.2) is 35.7 Å². The number of aliphatic hydroxyl groups is 1. The number of nitrogens with one attached hydrogen (secondary N) is 1. The molecule has 0 saturated heterocycles. The van der Waals surface area contributed by atoms with E-state index < -0.39 is 0 Å². The Hall–Kier alpha value is -1.23. The van der Waals surface area contributed by atoms with Crippen molar-refractivity contribution in [2.45, 2.75) is 39.8 Å². The average Bonchev–Trinajstić information content (AvgIpc) is 2.87. The van der Waals surface area contributed by atoms with Gasteiger partial charge in [-0.15, -0.1) is 11.3 Å². The summed E-state index contributed by atoms with van der Waals surface area (Å²) in [6.07, 6.45) is 0.539. The Kier molecular flexibility index (Phi) is 5.51. The first kappa shape index (κ1) is 16.1. The maximum Gasteiger partial charge on any atom is 0.123 e. The largest absolute Gasteiger partial charge is 0.393 e. The van der Waals surface area contributed by atoms with Gasteiger partial charge in [-0.25, -0.2) is 4.98 Å². The summed E-state index contributed by atoms with van der Waals surface area (Å²) in [6.45, 7) is 7.82. The molecule has 0 bridgehead atoms. The minimum atomic E-state index is -0.259. The van der Waals surface area contributed by atoms with Gasteiger partial charge in [0.25, 0.3) is 0 Å². The normalized spacial score (nSPS) is 13.3. The molecule has 4 heteroatoms. The molecule has 114 valence electrons. The maximum absolute atomic E-state index is 9.50. The van der Waals surface area contributed by atoms with Crippen LogP contribution in [0.2, 0.25) is 0 Å². The number of benzene rings is 1. The number of rotatable bonds is 7. The van der Waals surface area contributed by atoms with Crippen LogP contribution in [0.3, 0.4) is 0 Å². The Morgan fingerprint density at radius 3 is 2.67 bits per heavy atom. The van der Waals surface area contributed by atoms with Crippen LogP contribution in [0.4, 0.5) is 0 Å². The first-order valence-corrected chi connectivity index (χ1v) is 8.23. The van der Waals surface area contributed by atoms with Crippen LogP contribution in [0.25, 0.3) is 10.6 Å². The molecule has 1 heterocycles. The lowest BCUT2D eigenvalue weighted by Crippen LogP contribution is -2.31. The highest BCUT2D eigenvalue weighted by molar-refractivity contribution is 7.13. The van der Waals surface area contributed by atoms with E-state index in [9.17, 15) is 5.11 Å². The Balaban J connectivity index is 1.86. The highest BCUT2D eigenvalue weighted by Gasteiger charge is 2.19. The molecular formula is C17H24N2OS. The average molecular weight is 304 g/mol. The molecule has 21 heavy (non-hydrogen) atoms. The monoisotopic (exact) mass is 304 g/mol. The highest BCUT2D eigenvalue weighted by Crippen LogP contribution is 2.24. The molecule has 0 radical (unpaired) electrons. The van der Waals surface area contributed by atoms with Gasteiger partial charge in [-0.3, -0.25) is 0 Å². The Morgan fingerprint density at radius 1 is 1.29 bits per heavy atom. The standard InChI is InChI=1S/C17H24N2OS/c1-13(20)9-17(2,3)12-18-10-15-11-21-16(19-15)14-7-5-4-6-8-14/h4-8,11,13,18,20H,9-10,12H2,1-3H3. The zero-order valence-electron chi connectivity index (χ0n) is 13.0. The van der Waals surface area contributed by atoms with Crippen molar-refractivity contribution in [2.75, 3.05) is 6.54 Å². The van der Waals surface area contributed by atoms with Crippen molar-refractivity contribution < 1.29 is 5.11 Å². The summed E-state index contributed by atoms with van der Waals surface area (Å²) in [7, 11) is 0. The van der Waals surface area contributed by atoms with E-state index >= 15 is 0 Å². The van der Waals surface area contributed by atoms with Gasteiger partial charge in [0.2, 0.25) is 0 Å². The van der Waals surface area contributed by atoms with Crippen molar-refractivity contribution >= 4 is 11.3 Å². The highest BCUT2D eigenvalue weighted by atomic mass is 32.1. The van der Waals surface area contributed by atoms with E-state index in [-0.39, 0.29) is 11.5 Å². The molecule has 1 aromatic heterocycles. The lowest BCUT2D eigenvalue weighted by molar-refractivity contribution is 0.128. The SMILES string of the molecule is CC(O)CC(C)(C)CNCc1csc(-c2ccccc2)n1. The van der Waals surface area contributed by atoms with Gasteiger partial charge >= 0.3 is 0 Å². The van der Waals surface area contributed by atoms with Crippen molar-refractivity contribution in [3.63, 3.8) is 0 Å². The third kappa shape index (κ3) is 5.23. The van der Waals surface area contributed by atoms with Crippen molar-refractivity contribution in [1.29, 1.82) is 0 Å². The van der Waals surface area contributed by atoms with Crippen LogP contribution < -0.4 is 5.32 Å². The fourth-order valence-corrected chi connectivity index (χ4v) is 3.33. The molecule has 0 amide bonds. The van der Waals surface area contributed by atoms with Crippen molar-refractivity contribution in [1.82, 2.24) is 10.3 Å². The van der Waals surface area contributed by atoms with E-state index in [2.05, 4.69) is 41.7 Å². The van der Waals surface area contributed by atoms with Gasteiger partial charge in [-0.2, -0.15) is 0 Å². The molecule has 0 saturated carbocycles. The molecule has 0 spiro atoms. The van der Waals surface area contributed by atoms with E-state index in [4.69, 9.17) is 0 Å². The molecule has 2 N–H and O–H groups in total. The van der Waals surface area contributed by atoms with Gasteiger partial charge < -0.3 is 10.4 Å². The van der Waals surface area contributed by atoms with E-state index in [1.54, 1.807) is 11.3 Å². The van der Waals surface area contributed by atoms with Crippen LogP contribution in [0.1, 0.15) is 32.9 Å². The molecule has 1 aromatic carbocycles. The number of aliphatic hydroxyl groups excluding tert-OH is 1. The van der Waals surface area contributed by atoms with Gasteiger partial charge in [-0.05, 0) is 18.8 Å².